The van der Waals surface area contributed by atoms with Gasteiger partial charge in [-0.2, -0.15) is 4.98 Å². The Morgan fingerprint density at radius 3 is 3.06 bits per heavy atom. The summed E-state index contributed by atoms with van der Waals surface area (Å²) >= 11 is 0. The van der Waals surface area contributed by atoms with Crippen LogP contribution < -0.4 is 11.1 Å². The van der Waals surface area contributed by atoms with E-state index in [2.05, 4.69) is 25.4 Å². The maximum atomic E-state index is 10.5. The van der Waals surface area contributed by atoms with Gasteiger partial charge in [0, 0.05) is 6.20 Å². The number of primary amides is 1. The van der Waals surface area contributed by atoms with E-state index in [-0.39, 0.29) is 13.1 Å². The number of rotatable bonds is 5. The van der Waals surface area contributed by atoms with Gasteiger partial charge in [0.25, 0.3) is 0 Å². The van der Waals surface area contributed by atoms with Gasteiger partial charge in [-0.1, -0.05) is 5.16 Å². The third-order valence-electron chi connectivity index (χ3n) is 2.05. The highest BCUT2D eigenvalue weighted by atomic mass is 16.5. The van der Waals surface area contributed by atoms with Gasteiger partial charge < -0.3 is 10.3 Å². The van der Waals surface area contributed by atoms with Crippen LogP contribution in [0.15, 0.2) is 16.8 Å². The van der Waals surface area contributed by atoms with Crippen LogP contribution in [0.25, 0.3) is 11.5 Å². The normalized spacial score (nSPS) is 10.5. The predicted molar refractivity (Wildman–Crippen MR) is 61.0 cm³/mol. The van der Waals surface area contributed by atoms with E-state index in [1.807, 2.05) is 0 Å². The van der Waals surface area contributed by atoms with E-state index in [1.54, 1.807) is 19.2 Å². The number of hydrogen-bond donors (Lipinski definition) is 2. The van der Waals surface area contributed by atoms with Crippen LogP contribution in [0.2, 0.25) is 0 Å². The maximum absolute atomic E-state index is 10.5. The molecule has 0 aliphatic carbocycles. The molecule has 2 heterocycles. The van der Waals surface area contributed by atoms with Crippen LogP contribution in [0.5, 0.6) is 0 Å². The first-order chi connectivity index (χ1) is 8.65. The summed E-state index contributed by atoms with van der Waals surface area (Å²) in [6, 6.07) is 1.69. The molecule has 0 atom stereocenters. The minimum atomic E-state index is -0.443. The number of hydrogen-bond acceptors (Lipinski definition) is 7. The molecule has 0 aliphatic rings. The number of nitrogens with zero attached hydrogens (tertiary/aromatic N) is 4. The van der Waals surface area contributed by atoms with Gasteiger partial charge in [0.1, 0.15) is 11.5 Å². The Kier molecular flexibility index (Phi) is 3.58. The molecule has 8 nitrogen and oxygen atoms in total. The van der Waals surface area contributed by atoms with Gasteiger partial charge in [0.05, 0.1) is 13.1 Å². The summed E-state index contributed by atoms with van der Waals surface area (Å²) in [4.78, 5) is 22.8. The summed E-state index contributed by atoms with van der Waals surface area (Å²) in [6.45, 7) is 2.11. The van der Waals surface area contributed by atoms with Crippen molar-refractivity contribution in [3.63, 3.8) is 0 Å². The summed E-state index contributed by atoms with van der Waals surface area (Å²) in [5.41, 5.74) is 5.57. The molecule has 2 aromatic heterocycles. The van der Waals surface area contributed by atoms with E-state index < -0.39 is 5.91 Å². The molecule has 0 radical (unpaired) electrons. The van der Waals surface area contributed by atoms with Crippen molar-refractivity contribution >= 4 is 5.91 Å². The molecule has 3 N–H and O–H groups in total. The van der Waals surface area contributed by atoms with Gasteiger partial charge in [0.2, 0.25) is 17.6 Å². The topological polar surface area (TPSA) is 120 Å². The van der Waals surface area contributed by atoms with Gasteiger partial charge in [-0.25, -0.2) is 9.97 Å². The molecule has 94 valence electrons. The lowest BCUT2D eigenvalue weighted by Gasteiger charge is -1.95. The van der Waals surface area contributed by atoms with Crippen LogP contribution in [0.3, 0.4) is 0 Å². The van der Waals surface area contributed by atoms with Crippen LogP contribution in [0.1, 0.15) is 11.7 Å². The monoisotopic (exact) mass is 248 g/mol. The van der Waals surface area contributed by atoms with Crippen molar-refractivity contribution in [3.8, 4) is 11.5 Å². The predicted octanol–water partition coefficient (Wildman–Crippen LogP) is -0.590. The van der Waals surface area contributed by atoms with Crippen LogP contribution >= 0.6 is 0 Å². The Labute approximate surface area is 103 Å². The van der Waals surface area contributed by atoms with Gasteiger partial charge in [0.15, 0.2) is 0 Å². The molecule has 0 aliphatic heterocycles. The molecule has 0 bridgehead atoms. The van der Waals surface area contributed by atoms with Gasteiger partial charge in [-0.15, -0.1) is 0 Å². The van der Waals surface area contributed by atoms with E-state index in [4.69, 9.17) is 10.3 Å². The van der Waals surface area contributed by atoms with Crippen molar-refractivity contribution in [2.24, 2.45) is 5.73 Å². The van der Waals surface area contributed by atoms with Crippen LogP contribution in [-0.4, -0.2) is 32.6 Å². The highest BCUT2D eigenvalue weighted by molar-refractivity contribution is 5.75. The molecule has 0 aromatic carbocycles. The Morgan fingerprint density at radius 2 is 2.33 bits per heavy atom. The summed E-state index contributed by atoms with van der Waals surface area (Å²) in [6.07, 6.45) is 1.62. The number of nitrogens with two attached hydrogens (primary N) is 1. The Morgan fingerprint density at radius 1 is 1.50 bits per heavy atom. The van der Waals surface area contributed by atoms with E-state index in [0.29, 0.717) is 23.2 Å². The fourth-order valence-electron chi connectivity index (χ4n) is 1.30. The first-order valence-electron chi connectivity index (χ1n) is 5.27. The lowest BCUT2D eigenvalue weighted by Crippen LogP contribution is -2.28. The molecule has 0 saturated heterocycles. The summed E-state index contributed by atoms with van der Waals surface area (Å²) in [7, 11) is 0. The van der Waals surface area contributed by atoms with Crippen molar-refractivity contribution in [1.82, 2.24) is 25.4 Å². The van der Waals surface area contributed by atoms with E-state index in [9.17, 15) is 4.79 Å². The fraction of sp³-hybridized carbons (Fsp3) is 0.300. The van der Waals surface area contributed by atoms with E-state index in [0.717, 1.165) is 0 Å². The Hall–Kier alpha value is -2.35. The third-order valence-corrected chi connectivity index (χ3v) is 2.05. The maximum Gasteiger partial charge on any atom is 0.240 e. The first kappa shape index (κ1) is 12.1. The largest absolute Gasteiger partial charge is 0.369 e. The second-order valence-electron chi connectivity index (χ2n) is 3.57. The van der Waals surface area contributed by atoms with Crippen molar-refractivity contribution in [2.75, 3.05) is 6.54 Å². The van der Waals surface area contributed by atoms with E-state index in [1.165, 1.54) is 0 Å². The zero-order chi connectivity index (χ0) is 13.0. The average molecular weight is 248 g/mol. The standard InChI is InChI=1S/C10H12N6O2/c1-6-13-3-2-7(14-6)10-15-9(18-16-10)5-12-4-8(11)17/h2-3,12H,4-5H2,1H3,(H2,11,17). The molecule has 2 rings (SSSR count). The molecular weight excluding hydrogens is 236 g/mol. The Balaban J connectivity index is 2.04. The number of nitrogens with one attached hydrogen (secondary N) is 1. The number of carbonyl (C=O) groups excluding carboxylic acids is 1. The van der Waals surface area contributed by atoms with Crippen LogP contribution in [0, 0.1) is 6.92 Å². The van der Waals surface area contributed by atoms with Gasteiger partial charge in [-0.3, -0.25) is 10.1 Å². The molecule has 18 heavy (non-hydrogen) atoms. The van der Waals surface area contributed by atoms with Crippen molar-refractivity contribution in [2.45, 2.75) is 13.5 Å². The minimum Gasteiger partial charge on any atom is -0.369 e. The Bertz CT molecular complexity index is 553. The highest BCUT2D eigenvalue weighted by Crippen LogP contribution is 2.11. The minimum absolute atomic E-state index is 0.0598. The number of amides is 1. The zero-order valence-corrected chi connectivity index (χ0v) is 9.75. The summed E-state index contributed by atoms with van der Waals surface area (Å²) < 4.78 is 5.00. The second-order valence-corrected chi connectivity index (χ2v) is 3.57. The quantitative estimate of drug-likeness (QED) is 0.725. The zero-order valence-electron chi connectivity index (χ0n) is 9.75. The molecule has 2 aromatic rings. The van der Waals surface area contributed by atoms with Gasteiger partial charge in [-0.05, 0) is 13.0 Å². The summed E-state index contributed by atoms with van der Waals surface area (Å²) in [5.74, 6) is 0.936. The number of carbonyl (C=O) groups is 1. The van der Waals surface area contributed by atoms with Crippen molar-refractivity contribution in [3.05, 3.63) is 24.0 Å². The molecule has 1 amide bonds. The highest BCUT2D eigenvalue weighted by Gasteiger charge is 2.09. The van der Waals surface area contributed by atoms with Crippen LogP contribution in [-0.2, 0) is 11.3 Å². The number of aromatic nitrogens is 4. The lowest BCUT2D eigenvalue weighted by molar-refractivity contribution is -0.117. The molecule has 0 spiro atoms. The smallest absolute Gasteiger partial charge is 0.240 e. The second kappa shape index (κ2) is 5.32. The molecule has 0 saturated carbocycles. The number of aryl methyl sites for hydroxylation is 1. The van der Waals surface area contributed by atoms with Crippen molar-refractivity contribution < 1.29 is 9.32 Å². The summed E-state index contributed by atoms with van der Waals surface area (Å²) in [5, 5.41) is 6.57. The molecule has 0 unspecified atom stereocenters. The molecular formula is C10H12N6O2. The first-order valence-corrected chi connectivity index (χ1v) is 5.27. The van der Waals surface area contributed by atoms with Gasteiger partial charge >= 0.3 is 0 Å². The SMILES string of the molecule is Cc1nccc(-c2noc(CNCC(N)=O)n2)n1. The van der Waals surface area contributed by atoms with Crippen molar-refractivity contribution in [1.29, 1.82) is 0 Å². The average Bonchev–Trinajstić information content (AvgIpc) is 2.77. The van der Waals surface area contributed by atoms with Crippen LogP contribution in [0.4, 0.5) is 0 Å². The molecule has 0 fully saturated rings. The molecule has 8 heteroatoms. The van der Waals surface area contributed by atoms with E-state index >= 15 is 0 Å². The lowest BCUT2D eigenvalue weighted by atomic mass is 10.4. The third kappa shape index (κ3) is 3.08. The fourth-order valence-corrected chi connectivity index (χ4v) is 1.30.